The molecule has 0 spiro atoms. The second-order valence-corrected chi connectivity index (χ2v) is 7.43. The van der Waals surface area contributed by atoms with E-state index >= 15 is 0 Å². The van der Waals surface area contributed by atoms with Gasteiger partial charge in [0, 0.05) is 24.7 Å². The molecule has 30 heavy (non-hydrogen) atoms. The van der Waals surface area contributed by atoms with E-state index in [2.05, 4.69) is 10.3 Å². The Morgan fingerprint density at radius 2 is 1.90 bits per heavy atom. The molecule has 1 saturated heterocycles. The molecule has 3 aromatic rings. The smallest absolute Gasteiger partial charge is 0.329 e. The zero-order valence-electron chi connectivity index (χ0n) is 16.5. The number of rotatable bonds is 4. The fourth-order valence-corrected chi connectivity index (χ4v) is 3.71. The number of likely N-dealkylation sites (tertiary alicyclic amines) is 1. The van der Waals surface area contributed by atoms with E-state index in [-0.39, 0.29) is 24.4 Å². The number of hydrogen-bond donors (Lipinski definition) is 2. The number of amides is 2. The van der Waals surface area contributed by atoms with Gasteiger partial charge in [0.25, 0.3) is 11.5 Å². The van der Waals surface area contributed by atoms with Crippen LogP contribution in [0.25, 0.3) is 10.9 Å². The molecule has 0 saturated carbocycles. The predicted octanol–water partition coefficient (Wildman–Crippen LogP) is 1.01. The lowest BCUT2D eigenvalue weighted by Crippen LogP contribution is -2.49. The topological polar surface area (TPSA) is 117 Å². The minimum atomic E-state index is -0.608. The molecular weight excluding hydrogens is 388 g/mol. The van der Waals surface area contributed by atoms with E-state index in [9.17, 15) is 19.2 Å². The maximum atomic E-state index is 12.7. The number of nitrogens with zero attached hydrogens (tertiary/aromatic N) is 2. The average molecular weight is 410 g/mol. The summed E-state index contributed by atoms with van der Waals surface area (Å²) in [6, 6.07) is 8.35. The molecule has 2 N–H and O–H groups in total. The summed E-state index contributed by atoms with van der Waals surface area (Å²) < 4.78 is 6.13. The highest BCUT2D eigenvalue weighted by Gasteiger charge is 2.26. The first-order chi connectivity index (χ1) is 14.4. The summed E-state index contributed by atoms with van der Waals surface area (Å²) in [6.45, 7) is 2.35. The number of aryl methyl sites for hydroxylation is 1. The molecule has 0 radical (unpaired) electrons. The van der Waals surface area contributed by atoms with Gasteiger partial charge in [0.2, 0.25) is 5.91 Å². The number of carbonyl (C=O) groups excluding carboxylic acids is 2. The van der Waals surface area contributed by atoms with Crippen molar-refractivity contribution in [2.24, 2.45) is 0 Å². The normalized spacial score (nSPS) is 14.8. The maximum absolute atomic E-state index is 12.7. The van der Waals surface area contributed by atoms with Crippen molar-refractivity contribution >= 4 is 22.7 Å². The Morgan fingerprint density at radius 3 is 2.60 bits per heavy atom. The van der Waals surface area contributed by atoms with Gasteiger partial charge in [-0.25, -0.2) is 4.79 Å². The Bertz CT molecular complexity index is 1210. The number of benzene rings is 1. The van der Waals surface area contributed by atoms with Crippen LogP contribution in [0.5, 0.6) is 0 Å². The van der Waals surface area contributed by atoms with Crippen LogP contribution in [0.1, 0.15) is 29.0 Å². The van der Waals surface area contributed by atoms with Crippen LogP contribution >= 0.6 is 0 Å². The molecule has 0 unspecified atom stereocenters. The Kier molecular flexibility index (Phi) is 5.26. The molecule has 1 aliphatic rings. The van der Waals surface area contributed by atoms with Crippen LogP contribution in [0.4, 0.5) is 0 Å². The number of H-pyrrole nitrogens is 1. The quantitative estimate of drug-likeness (QED) is 0.666. The van der Waals surface area contributed by atoms with Gasteiger partial charge in [-0.2, -0.15) is 0 Å². The van der Waals surface area contributed by atoms with Crippen LogP contribution in [0.3, 0.4) is 0 Å². The first kappa shape index (κ1) is 19.7. The van der Waals surface area contributed by atoms with Gasteiger partial charge >= 0.3 is 5.69 Å². The zero-order valence-corrected chi connectivity index (χ0v) is 16.5. The Morgan fingerprint density at radius 1 is 1.17 bits per heavy atom. The van der Waals surface area contributed by atoms with Crippen LogP contribution in [-0.4, -0.2) is 45.4 Å². The third-order valence-electron chi connectivity index (χ3n) is 5.43. The number of piperidine rings is 1. The van der Waals surface area contributed by atoms with Crippen LogP contribution in [0, 0.1) is 6.92 Å². The van der Waals surface area contributed by atoms with E-state index in [1.165, 1.54) is 6.26 Å². The molecule has 0 aliphatic carbocycles. The Balaban J connectivity index is 1.39. The number of fused-ring (bicyclic) bond motifs is 1. The fourth-order valence-electron chi connectivity index (χ4n) is 3.71. The van der Waals surface area contributed by atoms with Gasteiger partial charge < -0.3 is 19.6 Å². The molecule has 2 amide bonds. The van der Waals surface area contributed by atoms with Crippen molar-refractivity contribution in [1.29, 1.82) is 0 Å². The number of carbonyl (C=O) groups is 2. The van der Waals surface area contributed by atoms with Crippen molar-refractivity contribution in [2.45, 2.75) is 32.4 Å². The molecule has 0 bridgehead atoms. The number of furan rings is 1. The Labute approximate surface area is 171 Å². The summed E-state index contributed by atoms with van der Waals surface area (Å²) in [5, 5.41) is 3.29. The number of para-hydroxylation sites is 1. The standard InChI is InChI=1S/C21H22N4O5/c1-13-8-11-30-18(13)19(27)22-14-6-9-24(10-7-14)17(26)12-25-20(28)15-4-2-3-5-16(15)23-21(25)29/h2-5,8,11,14H,6-7,9-10,12H2,1H3,(H,22,27)(H,23,29). The van der Waals surface area contributed by atoms with Crippen molar-refractivity contribution in [3.8, 4) is 0 Å². The van der Waals surface area contributed by atoms with E-state index in [1.54, 1.807) is 42.2 Å². The van der Waals surface area contributed by atoms with Gasteiger partial charge in [-0.05, 0) is 38.0 Å². The first-order valence-corrected chi connectivity index (χ1v) is 9.78. The monoisotopic (exact) mass is 410 g/mol. The summed E-state index contributed by atoms with van der Waals surface area (Å²) >= 11 is 0. The van der Waals surface area contributed by atoms with Gasteiger partial charge in [-0.1, -0.05) is 12.1 Å². The molecule has 4 rings (SSSR count). The van der Waals surface area contributed by atoms with Gasteiger partial charge in [-0.15, -0.1) is 0 Å². The largest absolute Gasteiger partial charge is 0.459 e. The van der Waals surface area contributed by atoms with Crippen molar-refractivity contribution in [3.05, 3.63) is 68.8 Å². The SMILES string of the molecule is Cc1ccoc1C(=O)NC1CCN(C(=O)Cn2c(=O)[nH]c3ccccc3c2=O)CC1. The fraction of sp³-hybridized carbons (Fsp3) is 0.333. The third-order valence-corrected chi connectivity index (χ3v) is 5.43. The van der Waals surface area contributed by atoms with Crippen molar-refractivity contribution in [3.63, 3.8) is 0 Å². The summed E-state index contributed by atoms with van der Waals surface area (Å²) in [6.07, 6.45) is 2.64. The summed E-state index contributed by atoms with van der Waals surface area (Å²) in [5.41, 5.74) is 0.118. The second kappa shape index (κ2) is 8.02. The van der Waals surface area contributed by atoms with Crippen LogP contribution in [0.2, 0.25) is 0 Å². The molecule has 156 valence electrons. The van der Waals surface area contributed by atoms with Gasteiger partial charge in [0.1, 0.15) is 6.54 Å². The molecule has 2 aromatic heterocycles. The highest BCUT2D eigenvalue weighted by molar-refractivity contribution is 5.93. The maximum Gasteiger partial charge on any atom is 0.329 e. The molecule has 1 aromatic carbocycles. The van der Waals surface area contributed by atoms with Crippen LogP contribution in [-0.2, 0) is 11.3 Å². The van der Waals surface area contributed by atoms with Gasteiger partial charge in [0.15, 0.2) is 5.76 Å². The average Bonchev–Trinajstić information content (AvgIpc) is 3.17. The number of nitrogens with one attached hydrogen (secondary N) is 2. The lowest BCUT2D eigenvalue weighted by Gasteiger charge is -2.32. The first-order valence-electron chi connectivity index (χ1n) is 9.78. The van der Waals surface area contributed by atoms with E-state index in [0.29, 0.717) is 42.6 Å². The van der Waals surface area contributed by atoms with E-state index in [4.69, 9.17) is 4.42 Å². The third kappa shape index (κ3) is 3.78. The van der Waals surface area contributed by atoms with Crippen molar-refractivity contribution < 1.29 is 14.0 Å². The number of aromatic amines is 1. The van der Waals surface area contributed by atoms with Crippen LogP contribution in [0.15, 0.2) is 50.6 Å². The minimum Gasteiger partial charge on any atom is -0.459 e. The van der Waals surface area contributed by atoms with E-state index < -0.39 is 11.2 Å². The highest BCUT2D eigenvalue weighted by Crippen LogP contribution is 2.14. The molecule has 1 fully saturated rings. The van der Waals surface area contributed by atoms with Crippen molar-refractivity contribution in [1.82, 2.24) is 19.8 Å². The second-order valence-electron chi connectivity index (χ2n) is 7.43. The summed E-state index contributed by atoms with van der Waals surface area (Å²) in [5.74, 6) is -0.274. The lowest BCUT2D eigenvalue weighted by atomic mass is 10.0. The summed E-state index contributed by atoms with van der Waals surface area (Å²) in [7, 11) is 0. The zero-order chi connectivity index (χ0) is 21.3. The molecule has 3 heterocycles. The highest BCUT2D eigenvalue weighted by atomic mass is 16.3. The minimum absolute atomic E-state index is 0.0714. The van der Waals surface area contributed by atoms with E-state index in [0.717, 1.165) is 10.1 Å². The number of hydrogen-bond acceptors (Lipinski definition) is 5. The molecular formula is C21H22N4O5. The van der Waals surface area contributed by atoms with Crippen LogP contribution < -0.4 is 16.6 Å². The molecule has 9 nitrogen and oxygen atoms in total. The van der Waals surface area contributed by atoms with Gasteiger partial charge in [-0.3, -0.25) is 19.0 Å². The molecule has 9 heteroatoms. The summed E-state index contributed by atoms with van der Waals surface area (Å²) in [4.78, 5) is 54.1. The molecule has 0 atom stereocenters. The van der Waals surface area contributed by atoms with Crippen molar-refractivity contribution in [2.75, 3.05) is 13.1 Å². The Hall–Kier alpha value is -3.62. The number of aromatic nitrogens is 2. The predicted molar refractivity (Wildman–Crippen MR) is 109 cm³/mol. The van der Waals surface area contributed by atoms with E-state index in [1.807, 2.05) is 0 Å². The molecule has 1 aliphatic heterocycles. The lowest BCUT2D eigenvalue weighted by molar-refractivity contribution is -0.133. The van der Waals surface area contributed by atoms with Gasteiger partial charge in [0.05, 0.1) is 17.2 Å².